The summed E-state index contributed by atoms with van der Waals surface area (Å²) < 4.78 is 5.67. The van der Waals surface area contributed by atoms with Crippen LogP contribution in [0, 0.1) is 0 Å². The van der Waals surface area contributed by atoms with Crippen LogP contribution in [0.15, 0.2) is 24.5 Å². The van der Waals surface area contributed by atoms with E-state index in [0.29, 0.717) is 0 Å². The van der Waals surface area contributed by atoms with Gasteiger partial charge in [-0.15, -0.1) is 0 Å². The van der Waals surface area contributed by atoms with Gasteiger partial charge in [-0.1, -0.05) is 6.07 Å². The topological polar surface area (TPSA) is 51.4 Å². The first-order valence-corrected chi connectivity index (χ1v) is 5.23. The van der Waals surface area contributed by atoms with Gasteiger partial charge in [0.25, 0.3) is 0 Å². The molecule has 0 radical (unpaired) electrons. The Bertz CT molecular complexity index is 304. The van der Waals surface area contributed by atoms with Crippen LogP contribution < -0.4 is 5.73 Å². The van der Waals surface area contributed by atoms with E-state index in [1.54, 1.807) is 6.20 Å². The minimum atomic E-state index is -0.0820. The third-order valence-electron chi connectivity index (χ3n) is 2.77. The van der Waals surface area contributed by atoms with E-state index in [1.807, 2.05) is 18.3 Å². The molecule has 0 aliphatic carbocycles. The van der Waals surface area contributed by atoms with Gasteiger partial charge in [-0.2, -0.15) is 0 Å². The zero-order valence-electron chi connectivity index (χ0n) is 8.97. The molecule has 0 bridgehead atoms. The molecule has 2 atom stereocenters. The highest BCUT2D eigenvalue weighted by molar-refractivity contribution is 5.15. The van der Waals surface area contributed by atoms with Crippen molar-refractivity contribution in [2.75, 3.05) is 26.7 Å². The summed E-state index contributed by atoms with van der Waals surface area (Å²) >= 11 is 0. The van der Waals surface area contributed by atoms with Gasteiger partial charge in [-0.3, -0.25) is 4.98 Å². The van der Waals surface area contributed by atoms with Crippen molar-refractivity contribution < 1.29 is 4.74 Å². The van der Waals surface area contributed by atoms with E-state index in [4.69, 9.17) is 10.5 Å². The van der Waals surface area contributed by atoms with Crippen LogP contribution in [0.5, 0.6) is 0 Å². The van der Waals surface area contributed by atoms with Gasteiger partial charge in [0.15, 0.2) is 0 Å². The van der Waals surface area contributed by atoms with Crippen molar-refractivity contribution in [2.24, 2.45) is 5.73 Å². The van der Waals surface area contributed by atoms with Crippen LogP contribution in [-0.4, -0.2) is 42.7 Å². The van der Waals surface area contributed by atoms with Crippen molar-refractivity contribution in [3.05, 3.63) is 30.1 Å². The third-order valence-corrected chi connectivity index (χ3v) is 2.77. The molecule has 2 N–H and O–H groups in total. The van der Waals surface area contributed by atoms with E-state index in [-0.39, 0.29) is 12.1 Å². The molecule has 4 heteroatoms. The second-order valence-corrected chi connectivity index (χ2v) is 3.98. The van der Waals surface area contributed by atoms with E-state index in [9.17, 15) is 0 Å². The minimum absolute atomic E-state index is 0.0768. The summed E-state index contributed by atoms with van der Waals surface area (Å²) in [4.78, 5) is 6.31. The van der Waals surface area contributed by atoms with Crippen LogP contribution in [-0.2, 0) is 4.74 Å². The number of nitrogens with zero attached hydrogens (tertiary/aromatic N) is 2. The molecule has 0 saturated carbocycles. The lowest BCUT2D eigenvalue weighted by Crippen LogP contribution is -2.45. The molecular formula is C11H17N3O. The summed E-state index contributed by atoms with van der Waals surface area (Å²) in [5.41, 5.74) is 7.18. The smallest absolute Gasteiger partial charge is 0.0895 e. The lowest BCUT2D eigenvalue weighted by molar-refractivity contribution is -0.0326. The number of pyridine rings is 1. The number of morpholine rings is 1. The molecule has 1 aromatic rings. The van der Waals surface area contributed by atoms with Crippen molar-refractivity contribution >= 4 is 0 Å². The standard InChI is InChI=1S/C11H17N3O/c1-14-5-6-15-10(8-14)11(12)9-3-2-4-13-7-9/h2-4,7,10-11H,5-6,8,12H2,1H3. The first-order chi connectivity index (χ1) is 7.27. The summed E-state index contributed by atoms with van der Waals surface area (Å²) in [6, 6.07) is 3.82. The Kier molecular flexibility index (Phi) is 3.30. The van der Waals surface area contributed by atoms with E-state index in [2.05, 4.69) is 16.9 Å². The maximum Gasteiger partial charge on any atom is 0.0895 e. The Morgan fingerprint density at radius 1 is 1.67 bits per heavy atom. The maximum atomic E-state index is 6.14. The van der Waals surface area contributed by atoms with Gasteiger partial charge >= 0.3 is 0 Å². The molecule has 0 aromatic carbocycles. The number of nitrogens with two attached hydrogens (primary N) is 1. The highest BCUT2D eigenvalue weighted by Gasteiger charge is 2.25. The van der Waals surface area contributed by atoms with Crippen molar-refractivity contribution in [2.45, 2.75) is 12.1 Å². The molecule has 1 aliphatic rings. The zero-order chi connectivity index (χ0) is 10.7. The normalized spacial score (nSPS) is 25.1. The predicted octanol–water partition coefficient (Wildman–Crippen LogP) is 0.412. The number of rotatable bonds is 2. The van der Waals surface area contributed by atoms with Gasteiger partial charge in [-0.25, -0.2) is 0 Å². The predicted molar refractivity (Wildman–Crippen MR) is 58.4 cm³/mol. The SMILES string of the molecule is CN1CCOC(C(N)c2cccnc2)C1. The fourth-order valence-corrected chi connectivity index (χ4v) is 1.82. The van der Waals surface area contributed by atoms with Gasteiger partial charge in [0.1, 0.15) is 0 Å². The number of hydrogen-bond donors (Lipinski definition) is 1. The Labute approximate surface area is 90.0 Å². The van der Waals surface area contributed by atoms with Gasteiger partial charge in [0.2, 0.25) is 0 Å². The van der Waals surface area contributed by atoms with E-state index in [0.717, 1.165) is 25.3 Å². The largest absolute Gasteiger partial charge is 0.374 e. The van der Waals surface area contributed by atoms with Crippen molar-refractivity contribution in [1.82, 2.24) is 9.88 Å². The molecule has 0 amide bonds. The molecular weight excluding hydrogens is 190 g/mol. The van der Waals surface area contributed by atoms with Crippen LogP contribution in [0.3, 0.4) is 0 Å². The number of hydrogen-bond acceptors (Lipinski definition) is 4. The second-order valence-electron chi connectivity index (χ2n) is 3.98. The molecule has 0 spiro atoms. The van der Waals surface area contributed by atoms with E-state index in [1.165, 1.54) is 0 Å². The molecule has 1 aliphatic heterocycles. The van der Waals surface area contributed by atoms with Crippen LogP contribution in [0.2, 0.25) is 0 Å². The molecule has 1 saturated heterocycles. The van der Waals surface area contributed by atoms with Crippen molar-refractivity contribution in [3.63, 3.8) is 0 Å². The van der Waals surface area contributed by atoms with Crippen LogP contribution in [0.1, 0.15) is 11.6 Å². The highest BCUT2D eigenvalue weighted by atomic mass is 16.5. The first-order valence-electron chi connectivity index (χ1n) is 5.23. The molecule has 2 unspecified atom stereocenters. The fourth-order valence-electron chi connectivity index (χ4n) is 1.82. The molecule has 2 heterocycles. The monoisotopic (exact) mass is 207 g/mol. The van der Waals surface area contributed by atoms with Crippen LogP contribution >= 0.6 is 0 Å². The van der Waals surface area contributed by atoms with Crippen molar-refractivity contribution in [1.29, 1.82) is 0 Å². The Balaban J connectivity index is 2.04. The molecule has 4 nitrogen and oxygen atoms in total. The Morgan fingerprint density at radius 3 is 3.20 bits per heavy atom. The van der Waals surface area contributed by atoms with Crippen LogP contribution in [0.25, 0.3) is 0 Å². The van der Waals surface area contributed by atoms with Crippen LogP contribution in [0.4, 0.5) is 0 Å². The Hall–Kier alpha value is -0.970. The van der Waals surface area contributed by atoms with E-state index < -0.39 is 0 Å². The van der Waals surface area contributed by atoms with Crippen molar-refractivity contribution in [3.8, 4) is 0 Å². The zero-order valence-corrected chi connectivity index (χ0v) is 8.97. The first kappa shape index (κ1) is 10.5. The molecule has 2 rings (SSSR count). The maximum absolute atomic E-state index is 6.14. The Morgan fingerprint density at radius 2 is 2.53 bits per heavy atom. The number of likely N-dealkylation sites (N-methyl/N-ethyl adjacent to an activating group) is 1. The van der Waals surface area contributed by atoms with Gasteiger partial charge in [0.05, 0.1) is 18.8 Å². The lowest BCUT2D eigenvalue weighted by Gasteiger charge is -2.33. The summed E-state index contributed by atoms with van der Waals surface area (Å²) in [6.45, 7) is 2.63. The average molecular weight is 207 g/mol. The van der Waals surface area contributed by atoms with Gasteiger partial charge in [0, 0.05) is 25.5 Å². The molecule has 1 fully saturated rings. The summed E-state index contributed by atoms with van der Waals surface area (Å²) in [7, 11) is 2.09. The minimum Gasteiger partial charge on any atom is -0.374 e. The average Bonchev–Trinajstić information content (AvgIpc) is 2.29. The van der Waals surface area contributed by atoms with Gasteiger partial charge < -0.3 is 15.4 Å². The molecule has 82 valence electrons. The summed E-state index contributed by atoms with van der Waals surface area (Å²) in [6.07, 6.45) is 3.64. The lowest BCUT2D eigenvalue weighted by atomic mass is 10.0. The summed E-state index contributed by atoms with van der Waals surface area (Å²) in [5, 5.41) is 0. The van der Waals surface area contributed by atoms with Gasteiger partial charge in [-0.05, 0) is 18.7 Å². The third kappa shape index (κ3) is 2.53. The molecule has 1 aromatic heterocycles. The quantitative estimate of drug-likeness (QED) is 0.763. The summed E-state index contributed by atoms with van der Waals surface area (Å²) in [5.74, 6) is 0. The fraction of sp³-hybridized carbons (Fsp3) is 0.545. The van der Waals surface area contributed by atoms with E-state index >= 15 is 0 Å². The number of aromatic nitrogens is 1. The molecule has 15 heavy (non-hydrogen) atoms. The number of ether oxygens (including phenoxy) is 1. The second kappa shape index (κ2) is 4.70. The highest BCUT2D eigenvalue weighted by Crippen LogP contribution is 2.18.